The van der Waals surface area contributed by atoms with Gasteiger partial charge in [-0.05, 0) is 75.3 Å². The Balaban J connectivity index is 1.53. The number of nitrogens with zero attached hydrogens (tertiary/aromatic N) is 1. The topological polar surface area (TPSA) is 88.5 Å². The number of benzene rings is 2. The highest BCUT2D eigenvalue weighted by Gasteiger charge is 2.24. The van der Waals surface area contributed by atoms with E-state index in [1.165, 1.54) is 29.4 Å². The van der Waals surface area contributed by atoms with E-state index in [-0.39, 0.29) is 17.2 Å². The number of aryl methyl sites for hydroxylation is 2. The van der Waals surface area contributed by atoms with Crippen molar-refractivity contribution in [2.75, 3.05) is 11.9 Å². The number of hydrogen-bond acceptors (Lipinski definition) is 5. The molecule has 6 nitrogen and oxygen atoms in total. The molecule has 1 heterocycles. The van der Waals surface area contributed by atoms with Gasteiger partial charge in [0, 0.05) is 33.7 Å². The number of ether oxygens (including phenoxy) is 1. The number of rotatable bonds is 11. The highest BCUT2D eigenvalue weighted by Crippen LogP contribution is 2.40. The van der Waals surface area contributed by atoms with E-state index >= 15 is 0 Å². The number of aromatic nitrogens is 1. The van der Waals surface area contributed by atoms with Crippen molar-refractivity contribution in [3.8, 4) is 11.3 Å². The van der Waals surface area contributed by atoms with Gasteiger partial charge in [0.15, 0.2) is 5.13 Å². The number of aliphatic carboxylic acids is 1. The molecule has 0 radical (unpaired) electrons. The Labute approximate surface area is 230 Å². The summed E-state index contributed by atoms with van der Waals surface area (Å²) in [6.07, 6.45) is 6.82. The molecule has 1 aliphatic carbocycles. The molecule has 1 amide bonds. The maximum atomic E-state index is 14.5. The van der Waals surface area contributed by atoms with E-state index in [0.29, 0.717) is 11.7 Å². The molecular weight excluding hydrogens is 522 g/mol. The molecule has 2 aromatic carbocycles. The fraction of sp³-hybridized carbons (Fsp3) is 0.367. The minimum absolute atomic E-state index is 0.220. The van der Waals surface area contributed by atoms with Gasteiger partial charge in [-0.25, -0.2) is 18.6 Å². The number of carbonyl (C=O) groups is 2. The van der Waals surface area contributed by atoms with Crippen LogP contribution in [0.3, 0.4) is 0 Å². The maximum absolute atomic E-state index is 14.5. The summed E-state index contributed by atoms with van der Waals surface area (Å²) in [5, 5.41) is 12.0. The van der Waals surface area contributed by atoms with Crippen LogP contribution in [-0.2, 0) is 28.8 Å². The van der Waals surface area contributed by atoms with Crippen LogP contribution in [0.15, 0.2) is 35.9 Å². The van der Waals surface area contributed by atoms with Gasteiger partial charge in [0.2, 0.25) is 0 Å². The number of carboxylic acids is 1. The lowest BCUT2D eigenvalue weighted by atomic mass is 9.87. The molecule has 1 unspecified atom stereocenters. The molecule has 4 rings (SSSR count). The van der Waals surface area contributed by atoms with E-state index < -0.39 is 29.1 Å². The maximum Gasteiger partial charge on any atom is 0.331 e. The summed E-state index contributed by atoms with van der Waals surface area (Å²) < 4.78 is 35.0. The Morgan fingerprint density at radius 3 is 2.59 bits per heavy atom. The predicted octanol–water partition coefficient (Wildman–Crippen LogP) is 7.06. The first-order chi connectivity index (χ1) is 18.7. The molecule has 39 heavy (non-hydrogen) atoms. The molecular formula is C30H32F2N2O4S. The summed E-state index contributed by atoms with van der Waals surface area (Å²) >= 11 is 1.36. The summed E-state index contributed by atoms with van der Waals surface area (Å²) in [5.41, 5.74) is 3.48. The number of halogens is 2. The molecule has 2 N–H and O–H groups in total. The molecule has 3 aromatic rings. The second-order valence-corrected chi connectivity index (χ2v) is 10.7. The Hall–Kier alpha value is -3.43. The van der Waals surface area contributed by atoms with Crippen LogP contribution in [0, 0.1) is 11.6 Å². The first kappa shape index (κ1) is 28.6. The molecule has 1 atom stereocenters. The van der Waals surface area contributed by atoms with E-state index in [4.69, 9.17) is 9.84 Å². The highest BCUT2D eigenvalue weighted by atomic mass is 32.1. The first-order valence-corrected chi connectivity index (χ1v) is 14.0. The van der Waals surface area contributed by atoms with E-state index in [9.17, 15) is 18.4 Å². The van der Waals surface area contributed by atoms with Gasteiger partial charge in [0.25, 0.3) is 5.91 Å². The fourth-order valence-corrected chi connectivity index (χ4v) is 5.87. The van der Waals surface area contributed by atoms with E-state index in [0.717, 1.165) is 72.9 Å². The molecule has 0 bridgehead atoms. The minimum atomic E-state index is -1.29. The van der Waals surface area contributed by atoms with Gasteiger partial charge in [0.1, 0.15) is 11.6 Å². The van der Waals surface area contributed by atoms with Gasteiger partial charge in [-0.2, -0.15) is 0 Å². The van der Waals surface area contributed by atoms with Crippen molar-refractivity contribution >= 4 is 34.4 Å². The molecule has 1 aliphatic rings. The Bertz CT molecular complexity index is 1390. The third kappa shape index (κ3) is 6.59. The van der Waals surface area contributed by atoms with Crippen molar-refractivity contribution in [1.82, 2.24) is 4.98 Å². The molecule has 0 aliphatic heterocycles. The van der Waals surface area contributed by atoms with Crippen LogP contribution in [-0.4, -0.2) is 34.7 Å². The van der Waals surface area contributed by atoms with Crippen LogP contribution in [0.4, 0.5) is 13.9 Å². The fourth-order valence-electron chi connectivity index (χ4n) is 4.90. The molecule has 0 saturated heterocycles. The van der Waals surface area contributed by atoms with Gasteiger partial charge < -0.3 is 9.84 Å². The van der Waals surface area contributed by atoms with Crippen LogP contribution in [0.5, 0.6) is 0 Å². The zero-order valence-corrected chi connectivity index (χ0v) is 23.1. The Kier molecular flexibility index (Phi) is 9.24. The predicted molar refractivity (Wildman–Crippen MR) is 149 cm³/mol. The largest absolute Gasteiger partial charge is 0.478 e. The number of nitrogens with one attached hydrogen (secondary N) is 1. The molecule has 206 valence electrons. The number of hydrogen-bond donors (Lipinski definition) is 2. The standard InChI is InChI=1S/C30H32F2N2O4S/c1-4-7-20(38-5-2)11-10-18-8-6-9-22-21(18)12-13-26-27(22)33-30(39-26)34-28(35)19-15-24(31)23(25(32)16-19)14-17(3)29(36)37/h6,8-9,14-16,20H,4-5,7,10-13H2,1-3H3,(H,36,37)(H,33,34,35). The summed E-state index contributed by atoms with van der Waals surface area (Å²) in [6.45, 7) is 6.13. The number of carbonyl (C=O) groups excluding carboxylic acids is 1. The zero-order valence-electron chi connectivity index (χ0n) is 22.3. The smallest absolute Gasteiger partial charge is 0.331 e. The van der Waals surface area contributed by atoms with Gasteiger partial charge in [-0.1, -0.05) is 31.5 Å². The van der Waals surface area contributed by atoms with E-state index in [1.807, 2.05) is 19.1 Å². The summed E-state index contributed by atoms with van der Waals surface area (Å²) in [6, 6.07) is 8.02. The quantitative estimate of drug-likeness (QED) is 0.248. The van der Waals surface area contributed by atoms with Crippen molar-refractivity contribution in [2.24, 2.45) is 0 Å². The lowest BCUT2D eigenvalue weighted by Gasteiger charge is -2.21. The first-order valence-electron chi connectivity index (χ1n) is 13.2. The Morgan fingerprint density at radius 1 is 1.18 bits per heavy atom. The van der Waals surface area contributed by atoms with Gasteiger partial charge >= 0.3 is 5.97 Å². The average Bonchev–Trinajstić information content (AvgIpc) is 3.32. The van der Waals surface area contributed by atoms with Crippen molar-refractivity contribution in [1.29, 1.82) is 0 Å². The summed E-state index contributed by atoms with van der Waals surface area (Å²) in [7, 11) is 0. The normalized spacial score (nSPS) is 13.5. The van der Waals surface area contributed by atoms with Crippen molar-refractivity contribution in [3.63, 3.8) is 0 Å². The van der Waals surface area contributed by atoms with Crippen LogP contribution in [0.25, 0.3) is 17.3 Å². The minimum Gasteiger partial charge on any atom is -0.478 e. The van der Waals surface area contributed by atoms with Crippen LogP contribution in [0.2, 0.25) is 0 Å². The van der Waals surface area contributed by atoms with Crippen molar-refractivity contribution in [2.45, 2.75) is 65.4 Å². The number of fused-ring (bicyclic) bond motifs is 3. The van der Waals surface area contributed by atoms with Crippen LogP contribution < -0.4 is 5.32 Å². The average molecular weight is 555 g/mol. The summed E-state index contributed by atoms with van der Waals surface area (Å²) in [4.78, 5) is 29.6. The SMILES string of the molecule is CCCC(CCc1cccc2c1CCc1sc(NC(=O)c3cc(F)c(C=C(C)C(=O)O)c(F)c3)nc1-2)OCC. The number of carboxylic acid groups (broad SMARTS) is 1. The highest BCUT2D eigenvalue weighted by molar-refractivity contribution is 7.16. The number of amides is 1. The second kappa shape index (κ2) is 12.6. The van der Waals surface area contributed by atoms with Gasteiger partial charge in [-0.15, -0.1) is 11.3 Å². The number of thiazole rings is 1. The lowest BCUT2D eigenvalue weighted by Crippen LogP contribution is -2.15. The van der Waals surface area contributed by atoms with Crippen molar-refractivity contribution in [3.05, 3.63) is 74.7 Å². The zero-order chi connectivity index (χ0) is 28.1. The third-order valence-corrected chi connectivity index (χ3v) is 7.87. The van der Waals surface area contributed by atoms with Crippen LogP contribution >= 0.6 is 11.3 Å². The molecule has 9 heteroatoms. The van der Waals surface area contributed by atoms with E-state index in [1.54, 1.807) is 0 Å². The summed E-state index contributed by atoms with van der Waals surface area (Å²) in [5.74, 6) is -4.03. The second-order valence-electron chi connectivity index (χ2n) is 9.58. The molecule has 1 aromatic heterocycles. The third-order valence-electron chi connectivity index (χ3n) is 6.84. The van der Waals surface area contributed by atoms with Crippen molar-refractivity contribution < 1.29 is 28.2 Å². The Morgan fingerprint density at radius 2 is 1.92 bits per heavy atom. The van der Waals surface area contributed by atoms with Gasteiger partial charge in [-0.3, -0.25) is 10.1 Å². The van der Waals surface area contributed by atoms with Crippen LogP contribution in [0.1, 0.15) is 72.0 Å². The number of anilines is 1. The lowest BCUT2D eigenvalue weighted by molar-refractivity contribution is -0.132. The van der Waals surface area contributed by atoms with E-state index in [2.05, 4.69) is 23.3 Å². The van der Waals surface area contributed by atoms with Gasteiger partial charge in [0.05, 0.1) is 11.8 Å². The monoisotopic (exact) mass is 554 g/mol. The molecule has 0 fully saturated rings. The molecule has 0 spiro atoms. The molecule has 0 saturated carbocycles.